The highest BCUT2D eigenvalue weighted by Crippen LogP contribution is 2.35. The van der Waals surface area contributed by atoms with E-state index in [9.17, 15) is 9.90 Å². The summed E-state index contributed by atoms with van der Waals surface area (Å²) >= 11 is 5.27. The van der Waals surface area contributed by atoms with Gasteiger partial charge in [0.05, 0.1) is 11.6 Å². The number of allylic oxidation sites excluding steroid dienone is 2. The van der Waals surface area contributed by atoms with Crippen LogP contribution < -0.4 is 16.0 Å². The van der Waals surface area contributed by atoms with E-state index in [2.05, 4.69) is 22.5 Å². The smallest absolute Gasteiger partial charge is 0.255 e. The van der Waals surface area contributed by atoms with Crippen molar-refractivity contribution < 1.29 is 9.90 Å². The minimum atomic E-state index is -0.563. The topological polar surface area (TPSA) is 73.4 Å². The third-order valence-electron chi connectivity index (χ3n) is 4.37. The molecule has 1 atom stereocenters. The SMILES string of the molecule is C=CCc1cccc(C2NC(=S)NC(C)=C2C(=O)Nc2ccccc2)c1O. The van der Waals surface area contributed by atoms with Gasteiger partial charge in [0.2, 0.25) is 0 Å². The molecular weight excluding hydrogens is 358 g/mol. The molecule has 0 fully saturated rings. The molecule has 0 aliphatic carbocycles. The molecule has 4 N–H and O–H groups in total. The Morgan fingerprint density at radius 3 is 2.70 bits per heavy atom. The Labute approximate surface area is 163 Å². The van der Waals surface area contributed by atoms with Crippen LogP contribution in [0.4, 0.5) is 5.69 Å². The zero-order chi connectivity index (χ0) is 19.4. The summed E-state index contributed by atoms with van der Waals surface area (Å²) in [5.41, 5.74) is 3.15. The van der Waals surface area contributed by atoms with Gasteiger partial charge in [-0.2, -0.15) is 0 Å². The third kappa shape index (κ3) is 4.01. The number of aromatic hydroxyl groups is 1. The number of phenols is 1. The van der Waals surface area contributed by atoms with Crippen molar-refractivity contribution in [2.24, 2.45) is 0 Å². The Bertz CT molecular complexity index is 922. The first kappa shape index (κ1) is 18.7. The number of anilines is 1. The van der Waals surface area contributed by atoms with Crippen molar-refractivity contribution in [2.45, 2.75) is 19.4 Å². The van der Waals surface area contributed by atoms with Crippen molar-refractivity contribution in [3.63, 3.8) is 0 Å². The molecule has 1 aliphatic heterocycles. The molecule has 0 aromatic heterocycles. The van der Waals surface area contributed by atoms with Crippen LogP contribution in [0.1, 0.15) is 24.1 Å². The van der Waals surface area contributed by atoms with Crippen molar-refractivity contribution in [3.8, 4) is 5.75 Å². The second kappa shape index (κ2) is 8.05. The zero-order valence-corrected chi connectivity index (χ0v) is 15.8. The van der Waals surface area contributed by atoms with E-state index in [1.807, 2.05) is 42.5 Å². The molecule has 1 amide bonds. The van der Waals surface area contributed by atoms with Gasteiger partial charge in [0.25, 0.3) is 5.91 Å². The predicted octanol–water partition coefficient (Wildman–Crippen LogP) is 3.55. The molecule has 0 saturated carbocycles. The van der Waals surface area contributed by atoms with Crippen LogP contribution in [0.2, 0.25) is 0 Å². The van der Waals surface area contributed by atoms with Crippen LogP contribution in [-0.2, 0) is 11.2 Å². The fourth-order valence-corrected chi connectivity index (χ4v) is 3.38. The van der Waals surface area contributed by atoms with Gasteiger partial charge in [-0.05, 0) is 43.3 Å². The lowest BCUT2D eigenvalue weighted by Crippen LogP contribution is -2.45. The first-order valence-electron chi connectivity index (χ1n) is 8.57. The van der Waals surface area contributed by atoms with E-state index < -0.39 is 6.04 Å². The van der Waals surface area contributed by atoms with Crippen LogP contribution in [0, 0.1) is 0 Å². The quantitative estimate of drug-likeness (QED) is 0.472. The number of hydrogen-bond acceptors (Lipinski definition) is 3. The Morgan fingerprint density at radius 2 is 2.00 bits per heavy atom. The number of amides is 1. The monoisotopic (exact) mass is 379 g/mol. The van der Waals surface area contributed by atoms with Gasteiger partial charge in [0.1, 0.15) is 5.75 Å². The Hall–Kier alpha value is -3.12. The number of nitrogens with one attached hydrogen (secondary N) is 3. The minimum Gasteiger partial charge on any atom is -0.507 e. The van der Waals surface area contributed by atoms with Crippen molar-refractivity contribution in [1.29, 1.82) is 0 Å². The molecule has 2 aromatic carbocycles. The summed E-state index contributed by atoms with van der Waals surface area (Å²) in [7, 11) is 0. The van der Waals surface area contributed by atoms with Gasteiger partial charge in [0, 0.05) is 16.9 Å². The zero-order valence-electron chi connectivity index (χ0n) is 15.0. The fourth-order valence-electron chi connectivity index (χ4n) is 3.11. The van der Waals surface area contributed by atoms with Crippen LogP contribution in [0.3, 0.4) is 0 Å². The molecule has 5 nitrogen and oxygen atoms in total. The summed E-state index contributed by atoms with van der Waals surface area (Å²) in [6.45, 7) is 5.52. The Morgan fingerprint density at radius 1 is 1.26 bits per heavy atom. The van der Waals surface area contributed by atoms with Gasteiger partial charge in [-0.25, -0.2) is 0 Å². The summed E-state index contributed by atoms with van der Waals surface area (Å²) in [6.07, 6.45) is 2.26. The highest BCUT2D eigenvalue weighted by molar-refractivity contribution is 7.80. The van der Waals surface area contributed by atoms with Crippen LogP contribution in [0.25, 0.3) is 0 Å². The van der Waals surface area contributed by atoms with Crippen molar-refractivity contribution in [3.05, 3.63) is 83.6 Å². The normalized spacial score (nSPS) is 16.3. The van der Waals surface area contributed by atoms with Crippen molar-refractivity contribution in [2.75, 3.05) is 5.32 Å². The lowest BCUT2D eigenvalue weighted by atomic mass is 9.92. The number of hydrogen-bond donors (Lipinski definition) is 4. The lowest BCUT2D eigenvalue weighted by molar-refractivity contribution is -0.113. The maximum atomic E-state index is 13.0. The molecule has 2 aromatic rings. The molecule has 6 heteroatoms. The standard InChI is InChI=1S/C21H21N3O2S/c1-3-8-14-9-7-12-16(19(14)25)18-17(13(2)22-21(27)24-18)20(26)23-15-10-5-4-6-11-15/h3-7,9-12,18,25H,1,8H2,2H3,(H,23,26)(H2,22,24,27). The van der Waals surface area contributed by atoms with Gasteiger partial charge in [-0.3, -0.25) is 4.79 Å². The average Bonchev–Trinajstić information content (AvgIpc) is 2.63. The second-order valence-electron chi connectivity index (χ2n) is 6.24. The van der Waals surface area contributed by atoms with Crippen LogP contribution >= 0.6 is 12.2 Å². The van der Waals surface area contributed by atoms with Crippen molar-refractivity contribution >= 4 is 28.9 Å². The number of benzene rings is 2. The number of para-hydroxylation sites is 2. The molecule has 0 radical (unpaired) electrons. The number of carbonyl (C=O) groups excluding carboxylic acids is 1. The van der Waals surface area contributed by atoms with E-state index >= 15 is 0 Å². The fraction of sp³-hybridized carbons (Fsp3) is 0.143. The van der Waals surface area contributed by atoms with Gasteiger partial charge < -0.3 is 21.1 Å². The van der Waals surface area contributed by atoms with E-state index in [0.717, 1.165) is 5.56 Å². The van der Waals surface area contributed by atoms with Crippen molar-refractivity contribution in [1.82, 2.24) is 10.6 Å². The number of carbonyl (C=O) groups is 1. The van der Waals surface area contributed by atoms with Crippen LogP contribution in [0.15, 0.2) is 72.5 Å². The first-order chi connectivity index (χ1) is 13.0. The molecule has 3 rings (SSSR count). The molecule has 138 valence electrons. The van der Waals surface area contributed by atoms with E-state index in [1.165, 1.54) is 0 Å². The third-order valence-corrected chi connectivity index (χ3v) is 4.59. The van der Waals surface area contributed by atoms with Gasteiger partial charge >= 0.3 is 0 Å². The number of rotatable bonds is 5. The van der Waals surface area contributed by atoms with E-state index in [1.54, 1.807) is 19.1 Å². The molecule has 1 aliphatic rings. The lowest BCUT2D eigenvalue weighted by Gasteiger charge is -2.31. The predicted molar refractivity (Wildman–Crippen MR) is 111 cm³/mol. The average molecular weight is 379 g/mol. The van der Waals surface area contributed by atoms with Gasteiger partial charge in [0.15, 0.2) is 5.11 Å². The molecule has 27 heavy (non-hydrogen) atoms. The molecule has 0 spiro atoms. The summed E-state index contributed by atoms with van der Waals surface area (Å²) in [6, 6.07) is 14.1. The highest BCUT2D eigenvalue weighted by atomic mass is 32.1. The molecular formula is C21H21N3O2S. The molecule has 0 bridgehead atoms. The summed E-state index contributed by atoms with van der Waals surface area (Å²) in [5, 5.41) is 20.1. The largest absolute Gasteiger partial charge is 0.507 e. The maximum Gasteiger partial charge on any atom is 0.255 e. The van der Waals surface area contributed by atoms with Gasteiger partial charge in [-0.15, -0.1) is 6.58 Å². The summed E-state index contributed by atoms with van der Waals surface area (Å²) < 4.78 is 0. The van der Waals surface area contributed by atoms with Gasteiger partial charge in [-0.1, -0.05) is 42.5 Å². The second-order valence-corrected chi connectivity index (χ2v) is 6.65. The Balaban J connectivity index is 2.01. The molecule has 0 saturated heterocycles. The van der Waals surface area contributed by atoms with E-state index in [4.69, 9.17) is 12.2 Å². The highest BCUT2D eigenvalue weighted by Gasteiger charge is 2.32. The van der Waals surface area contributed by atoms with E-state index in [-0.39, 0.29) is 11.7 Å². The molecule has 1 heterocycles. The Kier molecular flexibility index (Phi) is 5.57. The summed E-state index contributed by atoms with van der Waals surface area (Å²) in [4.78, 5) is 13.0. The van der Waals surface area contributed by atoms with Crippen LogP contribution in [0.5, 0.6) is 5.75 Å². The number of thiocarbonyl (C=S) groups is 1. The maximum absolute atomic E-state index is 13.0. The number of phenolic OH excluding ortho intramolecular Hbond substituents is 1. The minimum absolute atomic E-state index is 0.136. The van der Waals surface area contributed by atoms with E-state index in [0.29, 0.717) is 34.1 Å². The summed E-state index contributed by atoms with van der Waals surface area (Å²) in [5.74, 6) is -0.128. The molecule has 1 unspecified atom stereocenters. The van der Waals surface area contributed by atoms with Crippen LogP contribution in [-0.4, -0.2) is 16.1 Å². The first-order valence-corrected chi connectivity index (χ1v) is 8.98.